The van der Waals surface area contributed by atoms with E-state index in [0.717, 1.165) is 33.4 Å². The topological polar surface area (TPSA) is 92.4 Å². The van der Waals surface area contributed by atoms with Crippen LogP contribution in [0.5, 0.6) is 0 Å². The number of fused-ring (bicyclic) bond motifs is 1. The molecule has 2 amide bonds. The van der Waals surface area contributed by atoms with Gasteiger partial charge in [0.05, 0.1) is 5.52 Å². The highest BCUT2D eigenvalue weighted by atomic mass is 16.2. The third kappa shape index (κ3) is 3.50. The second kappa shape index (κ2) is 7.94. The van der Waals surface area contributed by atoms with Crippen LogP contribution < -0.4 is 10.6 Å². The largest absolute Gasteiger partial charge is 0.366 e. The summed E-state index contributed by atoms with van der Waals surface area (Å²) >= 11 is 0. The minimum atomic E-state index is -0.458. The molecule has 2 N–H and O–H groups in total. The monoisotopic (exact) mass is 401 g/mol. The van der Waals surface area contributed by atoms with Crippen molar-refractivity contribution in [3.8, 4) is 11.1 Å². The maximum atomic E-state index is 11.9. The fraction of sp³-hybridized carbons (Fsp3) is 0.217. The van der Waals surface area contributed by atoms with E-state index in [4.69, 9.17) is 5.73 Å². The number of carbonyl (C=O) groups excluding carboxylic acids is 2. The number of anilines is 1. The summed E-state index contributed by atoms with van der Waals surface area (Å²) in [6.45, 7) is 8.20. The number of carbonyl (C=O) groups is 2. The Bertz CT molecular complexity index is 1150. The van der Waals surface area contributed by atoms with Gasteiger partial charge in [0.25, 0.3) is 0 Å². The van der Waals surface area contributed by atoms with E-state index in [9.17, 15) is 9.59 Å². The quantitative estimate of drug-likeness (QED) is 0.678. The van der Waals surface area contributed by atoms with E-state index in [1.54, 1.807) is 23.4 Å². The fourth-order valence-corrected chi connectivity index (χ4v) is 3.94. The van der Waals surface area contributed by atoms with Crippen LogP contribution in [0.2, 0.25) is 0 Å². The molecule has 0 aliphatic carbocycles. The number of primary amides is 1. The zero-order chi connectivity index (χ0) is 21.3. The summed E-state index contributed by atoms with van der Waals surface area (Å²) in [5.41, 5.74) is 9.57. The smallest absolute Gasteiger partial charge is 0.249 e. The number of hydrogen-bond acceptors (Lipinski definition) is 5. The maximum Gasteiger partial charge on any atom is 0.249 e. The lowest BCUT2D eigenvalue weighted by Crippen LogP contribution is -2.48. The van der Waals surface area contributed by atoms with Crippen molar-refractivity contribution in [1.82, 2.24) is 14.9 Å². The van der Waals surface area contributed by atoms with Gasteiger partial charge in [0, 0.05) is 37.1 Å². The first kappa shape index (κ1) is 19.6. The van der Waals surface area contributed by atoms with Gasteiger partial charge in [-0.2, -0.15) is 0 Å². The Balaban J connectivity index is 1.73. The van der Waals surface area contributed by atoms with Crippen molar-refractivity contribution in [2.24, 2.45) is 5.73 Å². The summed E-state index contributed by atoms with van der Waals surface area (Å²) in [5, 5.41) is 0.943. The summed E-state index contributed by atoms with van der Waals surface area (Å²) in [6, 6.07) is 11.4. The Labute approximate surface area is 174 Å². The first-order chi connectivity index (χ1) is 14.5. The van der Waals surface area contributed by atoms with Gasteiger partial charge in [0.2, 0.25) is 11.8 Å². The van der Waals surface area contributed by atoms with E-state index >= 15 is 0 Å². The molecule has 1 aromatic heterocycles. The van der Waals surface area contributed by atoms with Crippen LogP contribution in [0.1, 0.15) is 15.9 Å². The van der Waals surface area contributed by atoms with Gasteiger partial charge in [-0.05, 0) is 47.9 Å². The minimum Gasteiger partial charge on any atom is -0.366 e. The number of benzene rings is 2. The van der Waals surface area contributed by atoms with Gasteiger partial charge >= 0.3 is 0 Å². The second-order valence-corrected chi connectivity index (χ2v) is 7.31. The molecule has 1 aliphatic rings. The van der Waals surface area contributed by atoms with Crippen LogP contribution in [0.3, 0.4) is 0 Å². The van der Waals surface area contributed by atoms with Crippen LogP contribution in [0.25, 0.3) is 22.0 Å². The lowest BCUT2D eigenvalue weighted by Gasteiger charge is -2.35. The Hall–Kier alpha value is -3.74. The van der Waals surface area contributed by atoms with Crippen molar-refractivity contribution >= 4 is 28.5 Å². The van der Waals surface area contributed by atoms with Gasteiger partial charge < -0.3 is 15.5 Å². The number of amides is 2. The summed E-state index contributed by atoms with van der Waals surface area (Å²) in [5.74, 6) is 0.347. The van der Waals surface area contributed by atoms with Crippen LogP contribution in [-0.2, 0) is 4.79 Å². The highest BCUT2D eigenvalue weighted by Gasteiger charge is 2.22. The van der Waals surface area contributed by atoms with Crippen molar-refractivity contribution in [2.45, 2.75) is 6.92 Å². The van der Waals surface area contributed by atoms with Crippen molar-refractivity contribution in [3.05, 3.63) is 66.5 Å². The molecule has 0 radical (unpaired) electrons. The molecule has 30 heavy (non-hydrogen) atoms. The molecule has 3 aromatic rings. The Morgan fingerprint density at radius 2 is 1.80 bits per heavy atom. The number of nitrogens with two attached hydrogens (primary N) is 1. The third-order valence-corrected chi connectivity index (χ3v) is 5.51. The van der Waals surface area contributed by atoms with E-state index in [-0.39, 0.29) is 5.91 Å². The summed E-state index contributed by atoms with van der Waals surface area (Å²) in [6.07, 6.45) is 2.91. The second-order valence-electron chi connectivity index (χ2n) is 7.31. The molecule has 1 fully saturated rings. The summed E-state index contributed by atoms with van der Waals surface area (Å²) < 4.78 is 0. The van der Waals surface area contributed by atoms with Crippen LogP contribution in [0.4, 0.5) is 5.82 Å². The molecule has 2 heterocycles. The Kier molecular flexibility index (Phi) is 5.18. The molecule has 1 aliphatic heterocycles. The predicted molar refractivity (Wildman–Crippen MR) is 117 cm³/mol. The lowest BCUT2D eigenvalue weighted by molar-refractivity contribution is -0.126. The molecule has 7 nitrogen and oxygen atoms in total. The van der Waals surface area contributed by atoms with Gasteiger partial charge in [-0.15, -0.1) is 0 Å². The molecule has 2 aromatic carbocycles. The third-order valence-electron chi connectivity index (χ3n) is 5.51. The molecule has 0 unspecified atom stereocenters. The first-order valence-electron chi connectivity index (χ1n) is 9.80. The number of aromatic nitrogens is 2. The minimum absolute atomic E-state index is 0.0456. The standard InChI is InChI=1S/C23H23N5O2/c1-3-21(29)27-8-10-28(11-9-27)23-19-12-15(2)18(13-20(19)25-14-26-23)16-6-4-5-7-17(16)22(24)30/h3-7,12-14H,1,8-11H2,2H3,(H2,24,30). The molecular weight excluding hydrogens is 378 g/mol. The summed E-state index contributed by atoms with van der Waals surface area (Å²) in [4.78, 5) is 36.7. The average Bonchev–Trinajstić information content (AvgIpc) is 2.78. The molecule has 4 rings (SSSR count). The van der Waals surface area contributed by atoms with E-state index in [2.05, 4.69) is 27.5 Å². The molecule has 1 saturated heterocycles. The number of piperazine rings is 1. The zero-order valence-electron chi connectivity index (χ0n) is 16.8. The number of rotatable bonds is 4. The van der Waals surface area contributed by atoms with E-state index in [0.29, 0.717) is 31.7 Å². The van der Waals surface area contributed by atoms with Crippen molar-refractivity contribution < 1.29 is 9.59 Å². The highest BCUT2D eigenvalue weighted by Crippen LogP contribution is 2.33. The average molecular weight is 401 g/mol. The highest BCUT2D eigenvalue weighted by molar-refractivity contribution is 6.02. The molecule has 0 spiro atoms. The number of aryl methyl sites for hydroxylation is 1. The van der Waals surface area contributed by atoms with Gasteiger partial charge in [-0.25, -0.2) is 9.97 Å². The predicted octanol–water partition coefficient (Wildman–Crippen LogP) is 2.54. The van der Waals surface area contributed by atoms with E-state index in [1.165, 1.54) is 6.08 Å². The summed E-state index contributed by atoms with van der Waals surface area (Å²) in [7, 11) is 0. The Morgan fingerprint density at radius 1 is 1.07 bits per heavy atom. The molecule has 0 saturated carbocycles. The SMILES string of the molecule is C=CC(=O)N1CCN(c2ncnc3cc(-c4ccccc4C(N)=O)c(C)cc23)CC1. The van der Waals surface area contributed by atoms with Crippen molar-refractivity contribution in [1.29, 1.82) is 0 Å². The van der Waals surface area contributed by atoms with Gasteiger partial charge in [0.1, 0.15) is 12.1 Å². The molecule has 0 bridgehead atoms. The van der Waals surface area contributed by atoms with Crippen LogP contribution >= 0.6 is 0 Å². The van der Waals surface area contributed by atoms with Crippen LogP contribution in [0.15, 0.2) is 55.4 Å². The normalized spacial score (nSPS) is 14.0. The first-order valence-corrected chi connectivity index (χ1v) is 9.80. The fourth-order valence-electron chi connectivity index (χ4n) is 3.94. The lowest BCUT2D eigenvalue weighted by atomic mass is 9.94. The number of hydrogen-bond donors (Lipinski definition) is 1. The number of nitrogens with zero attached hydrogens (tertiary/aromatic N) is 4. The molecular formula is C23H23N5O2. The van der Waals surface area contributed by atoms with E-state index in [1.807, 2.05) is 25.1 Å². The van der Waals surface area contributed by atoms with Crippen LogP contribution in [0, 0.1) is 6.92 Å². The molecule has 152 valence electrons. The van der Waals surface area contributed by atoms with E-state index < -0.39 is 5.91 Å². The van der Waals surface area contributed by atoms with Crippen molar-refractivity contribution in [2.75, 3.05) is 31.1 Å². The molecule has 7 heteroatoms. The van der Waals surface area contributed by atoms with Gasteiger partial charge in [0.15, 0.2) is 0 Å². The van der Waals surface area contributed by atoms with Gasteiger partial charge in [-0.3, -0.25) is 9.59 Å². The molecule has 0 atom stereocenters. The van der Waals surface area contributed by atoms with Crippen molar-refractivity contribution in [3.63, 3.8) is 0 Å². The van der Waals surface area contributed by atoms with Crippen LogP contribution in [-0.4, -0.2) is 52.9 Å². The maximum absolute atomic E-state index is 11.9. The Morgan fingerprint density at radius 3 is 2.50 bits per heavy atom. The zero-order valence-corrected chi connectivity index (χ0v) is 16.8. The van der Waals surface area contributed by atoms with Gasteiger partial charge in [-0.1, -0.05) is 24.8 Å².